The van der Waals surface area contributed by atoms with Gasteiger partial charge in [-0.05, 0) is 54.2 Å². The van der Waals surface area contributed by atoms with Gasteiger partial charge in [-0.3, -0.25) is 4.98 Å². The quantitative estimate of drug-likeness (QED) is 0.904. The summed E-state index contributed by atoms with van der Waals surface area (Å²) >= 11 is 0. The number of rotatable bonds is 3. The molecule has 2 aromatic rings. The molecule has 20 heavy (non-hydrogen) atoms. The highest BCUT2D eigenvalue weighted by Crippen LogP contribution is 2.29. The maximum atomic E-state index is 4.16. The second-order valence-corrected chi connectivity index (χ2v) is 6.40. The Bertz CT molecular complexity index is 578. The van der Waals surface area contributed by atoms with Gasteiger partial charge in [-0.15, -0.1) is 0 Å². The fourth-order valence-corrected chi connectivity index (χ4v) is 3.24. The van der Waals surface area contributed by atoms with Gasteiger partial charge in [0.15, 0.2) is 0 Å². The molecule has 1 N–H and O–H groups in total. The molecule has 1 aromatic carbocycles. The van der Waals surface area contributed by atoms with E-state index in [-0.39, 0.29) is 0 Å². The molecule has 0 bridgehead atoms. The molecule has 3 unspecified atom stereocenters. The molecular formula is C18H24N2. The molecule has 1 aliphatic rings. The lowest BCUT2D eigenvalue weighted by molar-refractivity contribution is 0.225. The van der Waals surface area contributed by atoms with E-state index in [4.69, 9.17) is 0 Å². The van der Waals surface area contributed by atoms with E-state index in [1.807, 2.05) is 12.4 Å². The maximum absolute atomic E-state index is 4.16. The van der Waals surface area contributed by atoms with Gasteiger partial charge in [-0.2, -0.15) is 0 Å². The third kappa shape index (κ3) is 3.01. The van der Waals surface area contributed by atoms with Gasteiger partial charge in [0.2, 0.25) is 0 Å². The van der Waals surface area contributed by atoms with Crippen LogP contribution in [-0.2, 0) is 6.54 Å². The van der Waals surface area contributed by atoms with Gasteiger partial charge >= 0.3 is 0 Å². The Hall–Kier alpha value is -1.41. The standard InChI is InChI=1S/C18H24N2/c1-13-3-6-18(9-14(13)2)20-11-15-4-5-17-12-19-8-7-16(17)10-15/h4-5,7-8,10,12-14,18,20H,3,6,9,11H2,1-2H3. The molecule has 1 fully saturated rings. The van der Waals surface area contributed by atoms with Gasteiger partial charge in [0, 0.05) is 30.4 Å². The topological polar surface area (TPSA) is 24.9 Å². The second kappa shape index (κ2) is 5.92. The minimum absolute atomic E-state index is 0.689. The highest BCUT2D eigenvalue weighted by Gasteiger charge is 2.23. The van der Waals surface area contributed by atoms with E-state index in [2.05, 4.69) is 48.4 Å². The van der Waals surface area contributed by atoms with Crippen LogP contribution in [0.4, 0.5) is 0 Å². The van der Waals surface area contributed by atoms with Gasteiger partial charge in [0.05, 0.1) is 0 Å². The number of benzene rings is 1. The second-order valence-electron chi connectivity index (χ2n) is 6.40. The summed E-state index contributed by atoms with van der Waals surface area (Å²) in [6.45, 7) is 5.75. The monoisotopic (exact) mass is 268 g/mol. The van der Waals surface area contributed by atoms with Crippen molar-refractivity contribution in [1.29, 1.82) is 0 Å². The molecule has 0 radical (unpaired) electrons. The lowest BCUT2D eigenvalue weighted by Gasteiger charge is -2.32. The number of hydrogen-bond donors (Lipinski definition) is 1. The molecule has 3 atom stereocenters. The summed E-state index contributed by atoms with van der Waals surface area (Å²) in [6, 6.07) is 9.44. The lowest BCUT2D eigenvalue weighted by atomic mass is 9.79. The third-order valence-corrected chi connectivity index (χ3v) is 4.90. The summed E-state index contributed by atoms with van der Waals surface area (Å²) in [7, 11) is 0. The Morgan fingerprint density at radius 3 is 2.85 bits per heavy atom. The first kappa shape index (κ1) is 13.6. The first-order valence-corrected chi connectivity index (χ1v) is 7.78. The molecule has 0 saturated heterocycles. The zero-order valence-electron chi connectivity index (χ0n) is 12.5. The highest BCUT2D eigenvalue weighted by atomic mass is 14.9. The van der Waals surface area contributed by atoms with Gasteiger partial charge < -0.3 is 5.32 Å². The number of nitrogens with zero attached hydrogens (tertiary/aromatic N) is 1. The SMILES string of the molecule is CC1CCC(NCc2ccc3cnccc3c2)CC1C. The van der Waals surface area contributed by atoms with Gasteiger partial charge in [-0.25, -0.2) is 0 Å². The van der Waals surface area contributed by atoms with Crippen molar-refractivity contribution in [3.05, 3.63) is 42.2 Å². The molecule has 2 nitrogen and oxygen atoms in total. The van der Waals surface area contributed by atoms with Crippen molar-refractivity contribution in [2.45, 2.75) is 45.7 Å². The Morgan fingerprint density at radius 2 is 2.00 bits per heavy atom. The lowest BCUT2D eigenvalue weighted by Crippen LogP contribution is -2.35. The van der Waals surface area contributed by atoms with Crippen molar-refractivity contribution in [2.24, 2.45) is 11.8 Å². The fourth-order valence-electron chi connectivity index (χ4n) is 3.24. The third-order valence-electron chi connectivity index (χ3n) is 4.90. The summed E-state index contributed by atoms with van der Waals surface area (Å²) in [5.74, 6) is 1.74. The van der Waals surface area contributed by atoms with Crippen LogP contribution in [0.3, 0.4) is 0 Å². The number of pyridine rings is 1. The number of fused-ring (bicyclic) bond motifs is 1. The van der Waals surface area contributed by atoms with E-state index in [0.29, 0.717) is 6.04 Å². The van der Waals surface area contributed by atoms with Crippen LogP contribution in [-0.4, -0.2) is 11.0 Å². The first-order chi connectivity index (χ1) is 9.72. The summed E-state index contributed by atoms with van der Waals surface area (Å²) in [4.78, 5) is 4.16. The Labute approximate surface area is 121 Å². The molecule has 1 aliphatic carbocycles. The largest absolute Gasteiger partial charge is 0.310 e. The van der Waals surface area contributed by atoms with Crippen LogP contribution in [0.1, 0.15) is 38.7 Å². The van der Waals surface area contributed by atoms with Crippen molar-refractivity contribution >= 4 is 10.8 Å². The summed E-state index contributed by atoms with van der Waals surface area (Å²) < 4.78 is 0. The van der Waals surface area contributed by atoms with Crippen molar-refractivity contribution in [3.8, 4) is 0 Å². The van der Waals surface area contributed by atoms with Crippen molar-refractivity contribution in [1.82, 2.24) is 10.3 Å². The predicted molar refractivity (Wildman–Crippen MR) is 84.5 cm³/mol. The van der Waals surface area contributed by atoms with Crippen LogP contribution in [0.25, 0.3) is 10.8 Å². The maximum Gasteiger partial charge on any atom is 0.0346 e. The van der Waals surface area contributed by atoms with E-state index in [1.165, 1.54) is 35.6 Å². The van der Waals surface area contributed by atoms with E-state index < -0.39 is 0 Å². The molecule has 3 rings (SSSR count). The van der Waals surface area contributed by atoms with E-state index >= 15 is 0 Å². The minimum Gasteiger partial charge on any atom is -0.310 e. The fraction of sp³-hybridized carbons (Fsp3) is 0.500. The molecule has 0 aliphatic heterocycles. The number of hydrogen-bond acceptors (Lipinski definition) is 2. The Balaban J connectivity index is 1.62. The summed E-state index contributed by atoms with van der Waals surface area (Å²) in [6.07, 6.45) is 7.80. The van der Waals surface area contributed by atoms with Gasteiger partial charge in [0.25, 0.3) is 0 Å². The average Bonchev–Trinajstić information content (AvgIpc) is 2.48. The van der Waals surface area contributed by atoms with Crippen LogP contribution in [0.5, 0.6) is 0 Å². The first-order valence-electron chi connectivity index (χ1n) is 7.78. The number of aromatic nitrogens is 1. The van der Waals surface area contributed by atoms with Crippen LogP contribution in [0.15, 0.2) is 36.7 Å². The van der Waals surface area contributed by atoms with Crippen LogP contribution < -0.4 is 5.32 Å². The minimum atomic E-state index is 0.689. The Morgan fingerprint density at radius 1 is 1.10 bits per heavy atom. The molecular weight excluding hydrogens is 244 g/mol. The zero-order chi connectivity index (χ0) is 13.9. The average molecular weight is 268 g/mol. The molecule has 1 saturated carbocycles. The van der Waals surface area contributed by atoms with Crippen molar-refractivity contribution in [2.75, 3.05) is 0 Å². The van der Waals surface area contributed by atoms with E-state index in [1.54, 1.807) is 0 Å². The van der Waals surface area contributed by atoms with Crippen LogP contribution in [0, 0.1) is 11.8 Å². The zero-order valence-corrected chi connectivity index (χ0v) is 12.5. The molecule has 1 heterocycles. The van der Waals surface area contributed by atoms with Crippen LogP contribution in [0.2, 0.25) is 0 Å². The van der Waals surface area contributed by atoms with E-state index in [9.17, 15) is 0 Å². The smallest absolute Gasteiger partial charge is 0.0346 e. The van der Waals surface area contributed by atoms with Crippen LogP contribution >= 0.6 is 0 Å². The Kier molecular flexibility index (Phi) is 4.02. The highest BCUT2D eigenvalue weighted by molar-refractivity contribution is 5.81. The van der Waals surface area contributed by atoms with Gasteiger partial charge in [-0.1, -0.05) is 26.0 Å². The summed E-state index contributed by atoms with van der Waals surface area (Å²) in [5.41, 5.74) is 1.37. The molecule has 1 aromatic heterocycles. The molecule has 0 spiro atoms. The van der Waals surface area contributed by atoms with E-state index in [0.717, 1.165) is 18.4 Å². The van der Waals surface area contributed by atoms with Crippen molar-refractivity contribution in [3.63, 3.8) is 0 Å². The number of nitrogens with one attached hydrogen (secondary N) is 1. The predicted octanol–water partition coefficient (Wildman–Crippen LogP) is 4.15. The van der Waals surface area contributed by atoms with Crippen molar-refractivity contribution < 1.29 is 0 Å². The molecule has 0 amide bonds. The summed E-state index contributed by atoms with van der Waals surface area (Å²) in [5, 5.41) is 6.24. The molecule has 2 heteroatoms. The normalized spacial score (nSPS) is 26.8. The van der Waals surface area contributed by atoms with Gasteiger partial charge in [0.1, 0.15) is 0 Å². The molecule has 106 valence electrons.